The predicted molar refractivity (Wildman–Crippen MR) is 87.0 cm³/mol. The second-order valence-corrected chi connectivity index (χ2v) is 7.31. The molecule has 4 rings (SSSR count). The normalized spacial score (nSPS) is 23.4. The molecule has 0 bridgehead atoms. The van der Waals surface area contributed by atoms with Crippen LogP contribution in [-0.4, -0.2) is 41.9 Å². The summed E-state index contributed by atoms with van der Waals surface area (Å²) in [6.07, 6.45) is 2.12. The van der Waals surface area contributed by atoms with Gasteiger partial charge >= 0.3 is 6.18 Å². The summed E-state index contributed by atoms with van der Waals surface area (Å²) in [7, 11) is 0. The highest BCUT2D eigenvalue weighted by atomic mass is 19.4. The van der Waals surface area contributed by atoms with Crippen LogP contribution in [0.5, 0.6) is 0 Å². The molecule has 11 heteroatoms. The SMILES string of the molecule is Cc1nc(C(=O)NC2CCCC(C3CC3)C2)nn1-c1n[nH]c(C(F)(F)F)n1. The molecule has 2 atom stereocenters. The van der Waals surface area contributed by atoms with Crippen molar-refractivity contribution in [1.82, 2.24) is 35.3 Å². The number of H-pyrrole nitrogens is 1. The number of alkyl halides is 3. The number of aryl methyl sites for hydroxylation is 1. The average Bonchev–Trinajstić information content (AvgIpc) is 3.20. The number of nitrogens with zero attached hydrogens (tertiary/aromatic N) is 5. The van der Waals surface area contributed by atoms with Crippen LogP contribution >= 0.6 is 0 Å². The molecule has 146 valence electrons. The number of amides is 1. The Balaban J connectivity index is 1.46. The molecular weight excluding hydrogens is 363 g/mol. The average molecular weight is 383 g/mol. The van der Waals surface area contributed by atoms with Crippen LogP contribution in [0, 0.1) is 18.8 Å². The van der Waals surface area contributed by atoms with Crippen LogP contribution in [0.4, 0.5) is 13.2 Å². The molecule has 2 aliphatic carbocycles. The lowest BCUT2D eigenvalue weighted by molar-refractivity contribution is -0.144. The summed E-state index contributed by atoms with van der Waals surface area (Å²) in [6.45, 7) is 1.52. The van der Waals surface area contributed by atoms with Crippen LogP contribution in [0.1, 0.15) is 60.8 Å². The van der Waals surface area contributed by atoms with Crippen molar-refractivity contribution in [3.63, 3.8) is 0 Å². The zero-order valence-electron chi connectivity index (χ0n) is 14.8. The number of aromatic amines is 1. The largest absolute Gasteiger partial charge is 0.451 e. The van der Waals surface area contributed by atoms with Crippen molar-refractivity contribution >= 4 is 5.91 Å². The van der Waals surface area contributed by atoms with Crippen molar-refractivity contribution in [2.24, 2.45) is 11.8 Å². The van der Waals surface area contributed by atoms with E-state index in [0.29, 0.717) is 5.92 Å². The molecule has 2 aliphatic rings. The van der Waals surface area contributed by atoms with Gasteiger partial charge in [0.1, 0.15) is 5.82 Å². The van der Waals surface area contributed by atoms with E-state index in [0.717, 1.165) is 29.9 Å². The summed E-state index contributed by atoms with van der Waals surface area (Å²) in [5.41, 5.74) is 0. The summed E-state index contributed by atoms with van der Waals surface area (Å²) >= 11 is 0. The highest BCUT2D eigenvalue weighted by Crippen LogP contribution is 2.43. The van der Waals surface area contributed by atoms with E-state index in [4.69, 9.17) is 0 Å². The lowest BCUT2D eigenvalue weighted by Crippen LogP contribution is -2.39. The molecule has 2 aromatic rings. The first-order valence-corrected chi connectivity index (χ1v) is 9.06. The van der Waals surface area contributed by atoms with Crippen molar-refractivity contribution in [1.29, 1.82) is 0 Å². The van der Waals surface area contributed by atoms with Gasteiger partial charge in [-0.3, -0.25) is 9.89 Å². The molecule has 0 aromatic carbocycles. The zero-order chi connectivity index (χ0) is 19.2. The van der Waals surface area contributed by atoms with Gasteiger partial charge < -0.3 is 5.32 Å². The van der Waals surface area contributed by atoms with Gasteiger partial charge in [0, 0.05) is 6.04 Å². The number of aromatic nitrogens is 6. The fraction of sp³-hybridized carbons (Fsp3) is 0.688. The van der Waals surface area contributed by atoms with Crippen LogP contribution in [0.15, 0.2) is 0 Å². The monoisotopic (exact) mass is 383 g/mol. The van der Waals surface area contributed by atoms with Gasteiger partial charge in [0.05, 0.1) is 0 Å². The van der Waals surface area contributed by atoms with Gasteiger partial charge in [-0.1, -0.05) is 12.8 Å². The highest BCUT2D eigenvalue weighted by molar-refractivity contribution is 5.90. The van der Waals surface area contributed by atoms with E-state index < -0.39 is 17.9 Å². The minimum atomic E-state index is -4.64. The van der Waals surface area contributed by atoms with Gasteiger partial charge in [-0.05, 0) is 44.4 Å². The third kappa shape index (κ3) is 3.81. The maximum atomic E-state index is 12.7. The van der Waals surface area contributed by atoms with Gasteiger partial charge in [-0.15, -0.1) is 10.2 Å². The number of carbonyl (C=O) groups excluding carboxylic acids is 1. The van der Waals surface area contributed by atoms with Crippen molar-refractivity contribution < 1.29 is 18.0 Å². The third-order valence-corrected chi connectivity index (χ3v) is 5.24. The van der Waals surface area contributed by atoms with E-state index in [1.54, 1.807) is 0 Å². The Kier molecular flexibility index (Phi) is 4.39. The Morgan fingerprint density at radius 3 is 2.63 bits per heavy atom. The molecule has 0 radical (unpaired) electrons. The van der Waals surface area contributed by atoms with E-state index in [-0.39, 0.29) is 23.6 Å². The van der Waals surface area contributed by atoms with Crippen LogP contribution in [0.3, 0.4) is 0 Å². The Morgan fingerprint density at radius 1 is 1.19 bits per heavy atom. The summed E-state index contributed by atoms with van der Waals surface area (Å²) in [6, 6.07) is 0.0875. The predicted octanol–water partition coefficient (Wildman–Crippen LogP) is 2.41. The van der Waals surface area contributed by atoms with E-state index in [1.807, 2.05) is 5.10 Å². The molecule has 2 heterocycles. The molecule has 1 amide bonds. The molecular formula is C16H20F3N7O. The van der Waals surface area contributed by atoms with Crippen LogP contribution in [-0.2, 0) is 6.18 Å². The van der Waals surface area contributed by atoms with Crippen LogP contribution in [0.2, 0.25) is 0 Å². The van der Waals surface area contributed by atoms with Crippen molar-refractivity contribution in [3.8, 4) is 5.95 Å². The number of nitrogens with one attached hydrogen (secondary N) is 2. The minimum Gasteiger partial charge on any atom is -0.347 e. The topological polar surface area (TPSA) is 101 Å². The fourth-order valence-electron chi connectivity index (χ4n) is 3.75. The second kappa shape index (κ2) is 6.61. The summed E-state index contributed by atoms with van der Waals surface area (Å²) < 4.78 is 39.0. The zero-order valence-corrected chi connectivity index (χ0v) is 14.8. The van der Waals surface area contributed by atoms with Gasteiger partial charge in [-0.2, -0.15) is 22.8 Å². The van der Waals surface area contributed by atoms with Gasteiger partial charge in [0.15, 0.2) is 0 Å². The van der Waals surface area contributed by atoms with Crippen LogP contribution in [0.25, 0.3) is 5.95 Å². The van der Waals surface area contributed by atoms with Gasteiger partial charge in [0.2, 0.25) is 11.6 Å². The Labute approximate surface area is 153 Å². The lowest BCUT2D eigenvalue weighted by Gasteiger charge is -2.29. The van der Waals surface area contributed by atoms with Crippen LogP contribution < -0.4 is 5.32 Å². The molecule has 2 N–H and O–H groups in total. The molecule has 2 unspecified atom stereocenters. The van der Waals surface area contributed by atoms with E-state index >= 15 is 0 Å². The highest BCUT2D eigenvalue weighted by Gasteiger charge is 2.37. The van der Waals surface area contributed by atoms with E-state index in [9.17, 15) is 18.0 Å². The maximum Gasteiger partial charge on any atom is 0.451 e. The first-order valence-electron chi connectivity index (χ1n) is 9.06. The number of carbonyl (C=O) groups is 1. The first kappa shape index (κ1) is 17.9. The Bertz CT molecular complexity index is 839. The number of hydrogen-bond acceptors (Lipinski definition) is 5. The molecule has 8 nitrogen and oxygen atoms in total. The van der Waals surface area contributed by atoms with Crippen molar-refractivity contribution in [3.05, 3.63) is 17.5 Å². The fourth-order valence-corrected chi connectivity index (χ4v) is 3.75. The minimum absolute atomic E-state index is 0.0875. The molecule has 2 saturated carbocycles. The Hall–Kier alpha value is -2.46. The molecule has 0 spiro atoms. The molecule has 2 fully saturated rings. The van der Waals surface area contributed by atoms with Gasteiger partial charge in [-0.25, -0.2) is 4.98 Å². The molecule has 0 saturated heterocycles. The molecule has 0 aliphatic heterocycles. The first-order chi connectivity index (χ1) is 12.8. The number of hydrogen-bond donors (Lipinski definition) is 2. The number of rotatable bonds is 4. The molecule has 27 heavy (non-hydrogen) atoms. The van der Waals surface area contributed by atoms with Gasteiger partial charge in [0.25, 0.3) is 11.9 Å². The molecule has 2 aromatic heterocycles. The smallest absolute Gasteiger partial charge is 0.347 e. The van der Waals surface area contributed by atoms with E-state index in [1.165, 1.54) is 26.2 Å². The summed E-state index contributed by atoms with van der Waals surface area (Å²) in [5.74, 6) is -0.357. The number of halogens is 3. The summed E-state index contributed by atoms with van der Waals surface area (Å²) in [4.78, 5) is 19.9. The van der Waals surface area contributed by atoms with Crippen molar-refractivity contribution in [2.45, 2.75) is 57.7 Å². The quantitative estimate of drug-likeness (QED) is 0.844. The lowest BCUT2D eigenvalue weighted by atomic mass is 9.83. The Morgan fingerprint density at radius 2 is 1.96 bits per heavy atom. The van der Waals surface area contributed by atoms with E-state index in [2.05, 4.69) is 25.5 Å². The standard InChI is InChI=1S/C16H20F3N7O/c1-8-20-12(25-26(8)15-22-14(23-24-15)16(17,18)19)13(27)21-11-4-2-3-10(7-11)9-5-6-9/h9-11H,2-7H2,1H3,(H,21,27)(H,22,23,24). The summed E-state index contributed by atoms with van der Waals surface area (Å²) in [5, 5.41) is 12.3. The van der Waals surface area contributed by atoms with Crippen molar-refractivity contribution in [2.75, 3.05) is 0 Å². The second-order valence-electron chi connectivity index (χ2n) is 7.31. The maximum absolute atomic E-state index is 12.7. The third-order valence-electron chi connectivity index (χ3n) is 5.24.